The number of hydrogen-bond donors (Lipinski definition) is 0. The molecular weight excluding hydrogens is 362 g/mol. The van der Waals surface area contributed by atoms with Crippen molar-refractivity contribution in [1.29, 1.82) is 0 Å². The number of aromatic nitrogens is 1. The number of nitrogens with zero attached hydrogens (tertiary/aromatic N) is 1. The van der Waals surface area contributed by atoms with Crippen LogP contribution < -0.4 is 0 Å². The summed E-state index contributed by atoms with van der Waals surface area (Å²) in [6.07, 6.45) is 4.88. The Morgan fingerprint density at radius 2 is 2.17 bits per heavy atom. The maximum Gasteiger partial charge on any atom is 0.158 e. The van der Waals surface area contributed by atoms with Crippen molar-refractivity contribution in [2.75, 3.05) is 6.61 Å². The van der Waals surface area contributed by atoms with Gasteiger partial charge in [0.1, 0.15) is 4.60 Å². The van der Waals surface area contributed by atoms with Gasteiger partial charge in [0, 0.05) is 22.8 Å². The molecule has 1 aromatic heterocycles. The van der Waals surface area contributed by atoms with Gasteiger partial charge in [-0.2, -0.15) is 0 Å². The van der Waals surface area contributed by atoms with Crippen molar-refractivity contribution in [3.63, 3.8) is 0 Å². The summed E-state index contributed by atoms with van der Waals surface area (Å²) >= 11 is 7.04. The molecule has 1 aromatic rings. The van der Waals surface area contributed by atoms with E-state index in [9.17, 15) is 0 Å². The minimum absolute atomic E-state index is 0.118. The van der Waals surface area contributed by atoms with E-state index < -0.39 is 5.60 Å². The molecule has 1 fully saturated rings. The van der Waals surface area contributed by atoms with Crippen molar-refractivity contribution in [2.24, 2.45) is 0 Å². The number of ether oxygens (including phenoxy) is 2. The van der Waals surface area contributed by atoms with E-state index in [1.54, 1.807) is 6.20 Å². The topological polar surface area (TPSA) is 31.4 Å². The van der Waals surface area contributed by atoms with Crippen LogP contribution in [0.25, 0.3) is 0 Å². The standard InChI is InChI=1S/C13H17Br2NO2/c1-13(2,18-10-5-3-4-8-17-10)11-9(14)6-7-16-12(11)15/h6-7,10H,3-5,8H2,1-2H3. The molecule has 0 aliphatic carbocycles. The summed E-state index contributed by atoms with van der Waals surface area (Å²) in [5, 5.41) is 0. The lowest BCUT2D eigenvalue weighted by Gasteiger charge is -2.33. The first-order valence-electron chi connectivity index (χ1n) is 6.10. The Balaban J connectivity index is 2.18. The first kappa shape index (κ1) is 14.4. The molecule has 18 heavy (non-hydrogen) atoms. The maximum absolute atomic E-state index is 6.10. The van der Waals surface area contributed by atoms with E-state index in [4.69, 9.17) is 9.47 Å². The van der Waals surface area contributed by atoms with Gasteiger partial charge in [0.15, 0.2) is 6.29 Å². The molecule has 1 aliphatic rings. The second kappa shape index (κ2) is 5.99. The van der Waals surface area contributed by atoms with Gasteiger partial charge >= 0.3 is 0 Å². The zero-order chi connectivity index (χ0) is 13.2. The van der Waals surface area contributed by atoms with E-state index in [1.807, 2.05) is 19.9 Å². The second-order valence-corrected chi connectivity index (χ2v) is 6.49. The lowest BCUT2D eigenvalue weighted by Crippen LogP contribution is -2.33. The van der Waals surface area contributed by atoms with Crippen LogP contribution in [-0.4, -0.2) is 17.9 Å². The Hall–Kier alpha value is 0.0300. The van der Waals surface area contributed by atoms with E-state index in [0.29, 0.717) is 0 Å². The fourth-order valence-electron chi connectivity index (χ4n) is 2.14. The molecule has 0 aromatic carbocycles. The van der Waals surface area contributed by atoms with E-state index in [-0.39, 0.29) is 6.29 Å². The summed E-state index contributed by atoms with van der Waals surface area (Å²) < 4.78 is 13.5. The van der Waals surface area contributed by atoms with Crippen LogP contribution in [0.3, 0.4) is 0 Å². The molecule has 2 rings (SSSR count). The van der Waals surface area contributed by atoms with Crippen LogP contribution in [0.15, 0.2) is 21.3 Å². The molecule has 1 saturated heterocycles. The quantitative estimate of drug-likeness (QED) is 0.731. The van der Waals surface area contributed by atoms with Gasteiger partial charge in [0.25, 0.3) is 0 Å². The van der Waals surface area contributed by atoms with Crippen LogP contribution in [0.4, 0.5) is 0 Å². The van der Waals surface area contributed by atoms with Crippen molar-refractivity contribution < 1.29 is 9.47 Å². The zero-order valence-corrected chi connectivity index (χ0v) is 13.8. The molecule has 1 atom stereocenters. The van der Waals surface area contributed by atoms with Crippen LogP contribution in [0.2, 0.25) is 0 Å². The molecule has 0 amide bonds. The van der Waals surface area contributed by atoms with Crippen LogP contribution in [-0.2, 0) is 15.1 Å². The molecule has 0 radical (unpaired) electrons. The van der Waals surface area contributed by atoms with Crippen molar-refractivity contribution in [3.8, 4) is 0 Å². The lowest BCUT2D eigenvalue weighted by molar-refractivity contribution is -0.219. The molecular formula is C13H17Br2NO2. The summed E-state index contributed by atoms with van der Waals surface area (Å²) in [4.78, 5) is 4.27. The molecule has 1 unspecified atom stereocenters. The molecule has 0 N–H and O–H groups in total. The van der Waals surface area contributed by atoms with E-state index in [2.05, 4.69) is 36.8 Å². The van der Waals surface area contributed by atoms with Crippen molar-refractivity contribution in [2.45, 2.75) is 45.0 Å². The van der Waals surface area contributed by atoms with Gasteiger partial charge in [-0.3, -0.25) is 0 Å². The highest BCUT2D eigenvalue weighted by Gasteiger charge is 2.31. The van der Waals surface area contributed by atoms with Crippen LogP contribution in [0.1, 0.15) is 38.7 Å². The van der Waals surface area contributed by atoms with Crippen molar-refractivity contribution in [3.05, 3.63) is 26.9 Å². The first-order valence-corrected chi connectivity index (χ1v) is 7.69. The fourth-order valence-corrected chi connectivity index (χ4v) is 4.00. The highest BCUT2D eigenvalue weighted by molar-refractivity contribution is 9.11. The first-order chi connectivity index (χ1) is 8.50. The minimum atomic E-state index is -0.450. The van der Waals surface area contributed by atoms with Crippen LogP contribution in [0.5, 0.6) is 0 Å². The van der Waals surface area contributed by atoms with Gasteiger partial charge in [-0.15, -0.1) is 0 Å². The number of halogens is 2. The Bertz CT molecular complexity index is 397. The average molecular weight is 379 g/mol. The van der Waals surface area contributed by atoms with Gasteiger partial charge in [-0.05, 0) is 55.1 Å². The normalized spacial score (nSPS) is 21.0. The van der Waals surface area contributed by atoms with Gasteiger partial charge < -0.3 is 9.47 Å². The number of hydrogen-bond acceptors (Lipinski definition) is 3. The van der Waals surface area contributed by atoms with Gasteiger partial charge in [0.2, 0.25) is 0 Å². The van der Waals surface area contributed by atoms with E-state index in [0.717, 1.165) is 40.5 Å². The molecule has 0 saturated carbocycles. The second-order valence-electron chi connectivity index (χ2n) is 4.88. The average Bonchev–Trinajstić information content (AvgIpc) is 2.28. The van der Waals surface area contributed by atoms with Gasteiger partial charge in [-0.1, -0.05) is 15.9 Å². The largest absolute Gasteiger partial charge is 0.353 e. The SMILES string of the molecule is CC(C)(OC1CCCCO1)c1c(Br)ccnc1Br. The smallest absolute Gasteiger partial charge is 0.158 e. The summed E-state index contributed by atoms with van der Waals surface area (Å²) in [5.74, 6) is 0. The third-order valence-corrected chi connectivity index (χ3v) is 4.28. The predicted molar refractivity (Wildman–Crippen MR) is 77.3 cm³/mol. The highest BCUT2D eigenvalue weighted by Crippen LogP contribution is 2.37. The number of pyridine rings is 1. The zero-order valence-electron chi connectivity index (χ0n) is 10.6. The Morgan fingerprint density at radius 3 is 2.78 bits per heavy atom. The lowest BCUT2D eigenvalue weighted by atomic mass is 10.00. The molecule has 0 bridgehead atoms. The summed E-state index contributed by atoms with van der Waals surface area (Å²) in [7, 11) is 0. The molecule has 2 heterocycles. The minimum Gasteiger partial charge on any atom is -0.353 e. The highest BCUT2D eigenvalue weighted by atomic mass is 79.9. The van der Waals surface area contributed by atoms with Crippen LogP contribution >= 0.6 is 31.9 Å². The van der Waals surface area contributed by atoms with Gasteiger partial charge in [-0.25, -0.2) is 4.98 Å². The third-order valence-electron chi connectivity index (χ3n) is 3.02. The summed E-state index contributed by atoms with van der Waals surface area (Å²) in [5.41, 5.74) is 0.563. The Morgan fingerprint density at radius 1 is 1.39 bits per heavy atom. The number of rotatable bonds is 3. The van der Waals surface area contributed by atoms with Crippen molar-refractivity contribution in [1.82, 2.24) is 4.98 Å². The van der Waals surface area contributed by atoms with Crippen LogP contribution in [0, 0.1) is 0 Å². The van der Waals surface area contributed by atoms with E-state index >= 15 is 0 Å². The molecule has 0 spiro atoms. The van der Waals surface area contributed by atoms with E-state index in [1.165, 1.54) is 0 Å². The maximum atomic E-state index is 6.10. The summed E-state index contributed by atoms with van der Waals surface area (Å²) in [6, 6.07) is 1.92. The predicted octanol–water partition coefficient (Wildman–Crippen LogP) is 4.38. The summed E-state index contributed by atoms with van der Waals surface area (Å²) in [6.45, 7) is 4.87. The molecule has 3 nitrogen and oxygen atoms in total. The molecule has 100 valence electrons. The Kier molecular flexibility index (Phi) is 4.80. The van der Waals surface area contributed by atoms with Gasteiger partial charge in [0.05, 0.1) is 5.60 Å². The molecule has 1 aliphatic heterocycles. The molecule has 5 heteroatoms. The van der Waals surface area contributed by atoms with Crippen molar-refractivity contribution >= 4 is 31.9 Å². The fraction of sp³-hybridized carbons (Fsp3) is 0.615. The Labute approximate surface area is 125 Å². The monoisotopic (exact) mass is 377 g/mol. The third kappa shape index (κ3) is 3.32.